The van der Waals surface area contributed by atoms with Gasteiger partial charge in [0, 0.05) is 39.3 Å². The number of carbonyl (C=O) groups excluding carboxylic acids is 1. The number of aromatic nitrogens is 2. The molecule has 2 aromatic rings. The van der Waals surface area contributed by atoms with Gasteiger partial charge >= 0.3 is 6.36 Å². The summed E-state index contributed by atoms with van der Waals surface area (Å²) in [7, 11) is 1.60. The topological polar surface area (TPSA) is 68.6 Å². The predicted molar refractivity (Wildman–Crippen MR) is 102 cm³/mol. The van der Waals surface area contributed by atoms with Crippen molar-refractivity contribution >= 4 is 5.91 Å². The van der Waals surface area contributed by atoms with E-state index in [9.17, 15) is 18.0 Å². The number of ether oxygens (including phenoxy) is 2. The Morgan fingerprint density at radius 1 is 1.27 bits per heavy atom. The zero-order chi connectivity index (χ0) is 21.6. The minimum absolute atomic E-state index is 0.0764. The van der Waals surface area contributed by atoms with Gasteiger partial charge < -0.3 is 14.8 Å². The first-order chi connectivity index (χ1) is 14.3. The molecule has 1 aliphatic rings. The quantitative estimate of drug-likeness (QED) is 0.745. The van der Waals surface area contributed by atoms with Crippen molar-refractivity contribution in [2.75, 3.05) is 39.4 Å². The lowest BCUT2D eigenvalue weighted by Gasteiger charge is -2.26. The van der Waals surface area contributed by atoms with Gasteiger partial charge in [-0.3, -0.25) is 14.4 Å². The molecule has 30 heavy (non-hydrogen) atoms. The standard InChI is InChI=1S/C20H21F3N4O3/c1-26-16(7-6-15-4-2-3-5-18(15)30-20(21,22)23)14-17(25-26)19(28)24-8-9-27-10-12-29-13-11-27/h2-5,14H,8-13H2,1H3,(H,24,28). The van der Waals surface area contributed by atoms with Crippen LogP contribution < -0.4 is 10.1 Å². The second-order valence-electron chi connectivity index (χ2n) is 6.54. The highest BCUT2D eigenvalue weighted by Crippen LogP contribution is 2.25. The van der Waals surface area contributed by atoms with Crippen LogP contribution in [0.3, 0.4) is 0 Å². The highest BCUT2D eigenvalue weighted by Gasteiger charge is 2.31. The van der Waals surface area contributed by atoms with Crippen molar-refractivity contribution in [2.45, 2.75) is 6.36 Å². The van der Waals surface area contributed by atoms with Crippen LogP contribution in [0.4, 0.5) is 13.2 Å². The number of halogens is 3. The van der Waals surface area contributed by atoms with Gasteiger partial charge in [-0.2, -0.15) is 5.10 Å². The van der Waals surface area contributed by atoms with Gasteiger partial charge in [-0.15, -0.1) is 13.2 Å². The van der Waals surface area contributed by atoms with Crippen LogP contribution in [0.1, 0.15) is 21.7 Å². The number of aryl methyl sites for hydroxylation is 1. The lowest BCUT2D eigenvalue weighted by Crippen LogP contribution is -2.41. The van der Waals surface area contributed by atoms with Crippen LogP contribution in [0.2, 0.25) is 0 Å². The monoisotopic (exact) mass is 422 g/mol. The third kappa shape index (κ3) is 6.23. The van der Waals surface area contributed by atoms with Gasteiger partial charge in [-0.05, 0) is 18.1 Å². The van der Waals surface area contributed by atoms with E-state index in [1.807, 2.05) is 0 Å². The summed E-state index contributed by atoms with van der Waals surface area (Å²) in [5, 5.41) is 6.93. The smallest absolute Gasteiger partial charge is 0.404 e. The third-order valence-electron chi connectivity index (χ3n) is 4.37. The maximum Gasteiger partial charge on any atom is 0.573 e. The molecule has 10 heteroatoms. The molecule has 1 fully saturated rings. The number of benzene rings is 1. The molecule has 160 valence electrons. The molecule has 0 spiro atoms. The van der Waals surface area contributed by atoms with Crippen LogP contribution in [0.5, 0.6) is 5.75 Å². The Morgan fingerprint density at radius 2 is 2.00 bits per heavy atom. The minimum atomic E-state index is -4.81. The van der Waals surface area contributed by atoms with Gasteiger partial charge in [0.2, 0.25) is 0 Å². The number of hydrogen-bond donors (Lipinski definition) is 1. The minimum Gasteiger partial charge on any atom is -0.404 e. The van der Waals surface area contributed by atoms with Crippen molar-refractivity contribution in [1.29, 1.82) is 0 Å². The van der Waals surface area contributed by atoms with Gasteiger partial charge in [0.1, 0.15) is 11.4 Å². The predicted octanol–water partition coefficient (Wildman–Crippen LogP) is 1.78. The number of hydrogen-bond acceptors (Lipinski definition) is 5. The number of para-hydroxylation sites is 1. The number of nitrogens with one attached hydrogen (secondary N) is 1. The van der Waals surface area contributed by atoms with Gasteiger partial charge in [0.25, 0.3) is 5.91 Å². The number of alkyl halides is 3. The van der Waals surface area contributed by atoms with Gasteiger partial charge in [-0.25, -0.2) is 0 Å². The molecule has 7 nitrogen and oxygen atoms in total. The molecule has 3 rings (SSSR count). The molecule has 0 saturated carbocycles. The van der Waals surface area contributed by atoms with Crippen molar-refractivity contribution in [3.05, 3.63) is 47.3 Å². The second kappa shape index (κ2) is 9.65. The fourth-order valence-electron chi connectivity index (χ4n) is 2.85. The summed E-state index contributed by atoms with van der Waals surface area (Å²) in [6.07, 6.45) is -4.81. The molecule has 1 amide bonds. The van der Waals surface area contributed by atoms with E-state index in [0.29, 0.717) is 32.0 Å². The first-order valence-corrected chi connectivity index (χ1v) is 9.31. The Kier molecular flexibility index (Phi) is 6.97. The van der Waals surface area contributed by atoms with E-state index in [4.69, 9.17) is 4.74 Å². The number of rotatable bonds is 5. The normalized spacial score (nSPS) is 14.7. The van der Waals surface area contributed by atoms with Crippen LogP contribution in [0.15, 0.2) is 30.3 Å². The van der Waals surface area contributed by atoms with Crippen LogP contribution in [-0.2, 0) is 11.8 Å². The summed E-state index contributed by atoms with van der Waals surface area (Å²) in [5.74, 6) is 4.66. The number of amides is 1. The zero-order valence-electron chi connectivity index (χ0n) is 16.3. The maximum absolute atomic E-state index is 12.5. The highest BCUT2D eigenvalue weighted by atomic mass is 19.4. The molecule has 0 atom stereocenters. The molecule has 1 N–H and O–H groups in total. The van der Waals surface area contributed by atoms with E-state index in [1.54, 1.807) is 13.1 Å². The van der Waals surface area contributed by atoms with E-state index in [-0.39, 0.29) is 22.9 Å². The summed E-state index contributed by atoms with van der Waals surface area (Å²) in [6.45, 7) is 4.22. The van der Waals surface area contributed by atoms with Gasteiger partial charge in [-0.1, -0.05) is 18.1 Å². The average Bonchev–Trinajstić information content (AvgIpc) is 3.08. The van der Waals surface area contributed by atoms with Crippen molar-refractivity contribution in [1.82, 2.24) is 20.0 Å². The molecule has 1 aromatic heterocycles. The first kappa shape index (κ1) is 21.7. The number of carbonyl (C=O) groups is 1. The summed E-state index contributed by atoms with van der Waals surface area (Å²) in [4.78, 5) is 14.5. The molecule has 1 saturated heterocycles. The van der Waals surface area contributed by atoms with E-state index in [2.05, 4.69) is 31.9 Å². The molecule has 0 radical (unpaired) electrons. The molecule has 1 aliphatic heterocycles. The molecular weight excluding hydrogens is 401 g/mol. The molecule has 0 aliphatic carbocycles. The highest BCUT2D eigenvalue weighted by molar-refractivity contribution is 5.92. The van der Waals surface area contributed by atoms with E-state index in [1.165, 1.54) is 28.9 Å². The van der Waals surface area contributed by atoms with Crippen molar-refractivity contribution in [3.8, 4) is 17.6 Å². The molecule has 1 aromatic carbocycles. The Morgan fingerprint density at radius 3 is 2.73 bits per heavy atom. The average molecular weight is 422 g/mol. The van der Waals surface area contributed by atoms with Gasteiger partial charge in [0.15, 0.2) is 5.69 Å². The summed E-state index contributed by atoms with van der Waals surface area (Å²) < 4.78 is 48.2. The zero-order valence-corrected chi connectivity index (χ0v) is 16.3. The molecule has 0 unspecified atom stereocenters. The number of morpholine rings is 1. The van der Waals surface area contributed by atoms with Crippen LogP contribution in [0, 0.1) is 11.8 Å². The molecule has 2 heterocycles. The lowest BCUT2D eigenvalue weighted by atomic mass is 10.2. The summed E-state index contributed by atoms with van der Waals surface area (Å²) in [6, 6.07) is 7.08. The lowest BCUT2D eigenvalue weighted by molar-refractivity contribution is -0.274. The van der Waals surface area contributed by atoms with Gasteiger partial charge in [0.05, 0.1) is 18.8 Å². The fraction of sp³-hybridized carbons (Fsp3) is 0.400. The summed E-state index contributed by atoms with van der Waals surface area (Å²) >= 11 is 0. The van der Waals surface area contributed by atoms with Crippen LogP contribution in [0.25, 0.3) is 0 Å². The Balaban J connectivity index is 1.64. The Labute approximate surface area is 171 Å². The third-order valence-corrected chi connectivity index (χ3v) is 4.37. The van der Waals surface area contributed by atoms with Crippen LogP contribution in [-0.4, -0.2) is 66.3 Å². The van der Waals surface area contributed by atoms with Crippen molar-refractivity contribution in [2.24, 2.45) is 7.05 Å². The SMILES string of the molecule is Cn1nc(C(=O)NCCN2CCOCC2)cc1C#Cc1ccccc1OC(F)(F)F. The second-order valence-corrected chi connectivity index (χ2v) is 6.54. The fourth-order valence-corrected chi connectivity index (χ4v) is 2.85. The number of nitrogens with zero attached hydrogens (tertiary/aromatic N) is 3. The molecular formula is C20H21F3N4O3. The Hall–Kier alpha value is -3.03. The molecule has 0 bridgehead atoms. The van der Waals surface area contributed by atoms with E-state index >= 15 is 0 Å². The van der Waals surface area contributed by atoms with Crippen molar-refractivity contribution < 1.29 is 27.4 Å². The Bertz CT molecular complexity index is 941. The van der Waals surface area contributed by atoms with E-state index < -0.39 is 6.36 Å². The van der Waals surface area contributed by atoms with Crippen molar-refractivity contribution in [3.63, 3.8) is 0 Å². The largest absolute Gasteiger partial charge is 0.573 e. The van der Waals surface area contributed by atoms with Crippen LogP contribution >= 0.6 is 0 Å². The maximum atomic E-state index is 12.5. The van der Waals surface area contributed by atoms with E-state index in [0.717, 1.165) is 13.1 Å². The summed E-state index contributed by atoms with van der Waals surface area (Å²) in [5.41, 5.74) is 0.645. The first-order valence-electron chi connectivity index (χ1n) is 9.31.